The van der Waals surface area contributed by atoms with E-state index in [1.54, 1.807) is 18.3 Å². The molecule has 0 amide bonds. The van der Waals surface area contributed by atoms with Gasteiger partial charge in [-0.3, -0.25) is 9.55 Å². The van der Waals surface area contributed by atoms with Crippen LogP contribution < -0.4 is 0 Å². The van der Waals surface area contributed by atoms with Crippen molar-refractivity contribution in [3.63, 3.8) is 0 Å². The lowest BCUT2D eigenvalue weighted by molar-refractivity contribution is 0.472. The van der Waals surface area contributed by atoms with E-state index in [1.807, 2.05) is 107 Å². The SMILES string of the molecule is [2H]C([2H])([2H])c1ccc(-c2ccnc(-c3cc(-c4ccccc4)cc(-c4cccc5c4nc(-c4cc(C)cc(C)c4O)n5-c4ccc(-c5ccccc5)c(C([2H])(C)C)c4)c3)c2)cc1. The molecule has 282 valence electrons. The summed E-state index contributed by atoms with van der Waals surface area (Å²) in [6, 6.07) is 54.3. The van der Waals surface area contributed by atoms with Crippen molar-refractivity contribution in [2.45, 2.75) is 40.4 Å². The summed E-state index contributed by atoms with van der Waals surface area (Å²) < 4.78 is 34.9. The average molecular weight is 756 g/mol. The molecular formula is C54H45N3O. The van der Waals surface area contributed by atoms with Gasteiger partial charge in [-0.15, -0.1) is 0 Å². The van der Waals surface area contributed by atoms with Gasteiger partial charge in [0.1, 0.15) is 11.6 Å². The van der Waals surface area contributed by atoms with Gasteiger partial charge >= 0.3 is 0 Å². The largest absolute Gasteiger partial charge is 0.507 e. The number of phenolic OH excluding ortho intramolecular Hbond substituents is 1. The summed E-state index contributed by atoms with van der Waals surface area (Å²) in [5.74, 6) is -0.162. The first-order chi connectivity index (χ1) is 29.7. The Hall–Kier alpha value is -7.04. The van der Waals surface area contributed by atoms with Crippen molar-refractivity contribution in [1.82, 2.24) is 14.5 Å². The van der Waals surface area contributed by atoms with Gasteiger partial charge in [-0.25, -0.2) is 4.98 Å². The van der Waals surface area contributed by atoms with Crippen LogP contribution in [-0.2, 0) is 0 Å². The summed E-state index contributed by atoms with van der Waals surface area (Å²) in [4.78, 5) is 10.3. The standard InChI is InChI=1S/C54H45N3O/c1-34(2)48-33-45(23-24-46(48)40-15-10-7-11-16-40)57-51-18-12-17-47(52(51)56-54(57)49-28-36(4)27-37(5)53(49)58)43-29-42(38-13-8-6-9-14-38)30-44(31-43)50-32-41(25-26-55-50)39-21-19-35(3)20-22-39/h6-34,58H,1-5H3/i3D3,34D. The van der Waals surface area contributed by atoms with E-state index in [0.29, 0.717) is 17.0 Å². The lowest BCUT2D eigenvalue weighted by Gasteiger charge is -2.18. The first-order valence-corrected chi connectivity index (χ1v) is 19.5. The van der Waals surface area contributed by atoms with Crippen LogP contribution in [0.3, 0.4) is 0 Å². The molecule has 2 heterocycles. The summed E-state index contributed by atoms with van der Waals surface area (Å²) in [6.45, 7) is 5.58. The Balaban J connectivity index is 1.27. The summed E-state index contributed by atoms with van der Waals surface area (Å²) in [5.41, 5.74) is 15.4. The molecule has 0 unspecified atom stereocenters. The molecule has 4 heteroatoms. The monoisotopic (exact) mass is 755 g/mol. The van der Waals surface area contributed by atoms with Gasteiger partial charge in [-0.05, 0) is 137 Å². The highest BCUT2D eigenvalue weighted by Gasteiger charge is 2.23. The van der Waals surface area contributed by atoms with Crippen LogP contribution in [0.2, 0.25) is 0 Å². The van der Waals surface area contributed by atoms with Crippen molar-refractivity contribution < 1.29 is 10.6 Å². The third kappa shape index (κ3) is 6.88. The van der Waals surface area contributed by atoms with Crippen LogP contribution in [0.15, 0.2) is 170 Å². The molecule has 0 saturated carbocycles. The number of benzene rings is 7. The first-order valence-electron chi connectivity index (χ1n) is 21.5. The van der Waals surface area contributed by atoms with Crippen LogP contribution in [0.4, 0.5) is 0 Å². The fourth-order valence-electron chi connectivity index (χ4n) is 8.02. The molecule has 0 saturated heterocycles. The Bertz CT molecular complexity index is 3110. The Morgan fingerprint density at radius 1 is 0.569 bits per heavy atom. The molecule has 0 aliphatic rings. The van der Waals surface area contributed by atoms with E-state index in [0.717, 1.165) is 89.2 Å². The number of hydrogen-bond donors (Lipinski definition) is 1. The second-order valence-corrected chi connectivity index (χ2v) is 15.2. The Morgan fingerprint density at radius 2 is 1.28 bits per heavy atom. The average Bonchev–Trinajstić information content (AvgIpc) is 3.67. The highest BCUT2D eigenvalue weighted by atomic mass is 16.3. The van der Waals surface area contributed by atoms with Crippen LogP contribution in [0, 0.1) is 20.7 Å². The number of aryl methyl sites for hydroxylation is 3. The lowest BCUT2D eigenvalue weighted by atomic mass is 9.92. The van der Waals surface area contributed by atoms with Crippen LogP contribution in [0.1, 0.15) is 47.5 Å². The molecule has 0 bridgehead atoms. The van der Waals surface area contributed by atoms with Gasteiger partial charge < -0.3 is 5.11 Å². The molecule has 0 aliphatic carbocycles. The zero-order chi connectivity index (χ0) is 43.3. The highest BCUT2D eigenvalue weighted by Crippen LogP contribution is 2.42. The van der Waals surface area contributed by atoms with E-state index in [9.17, 15) is 6.48 Å². The van der Waals surface area contributed by atoms with Crippen molar-refractivity contribution in [3.05, 3.63) is 192 Å². The van der Waals surface area contributed by atoms with Gasteiger partial charge in [0.15, 0.2) is 0 Å². The van der Waals surface area contributed by atoms with Crippen molar-refractivity contribution in [2.75, 3.05) is 0 Å². The lowest BCUT2D eigenvalue weighted by Crippen LogP contribution is -2.02. The maximum atomic E-state index is 11.7. The normalized spacial score (nSPS) is 12.8. The Labute approximate surface area is 346 Å². The van der Waals surface area contributed by atoms with E-state index in [1.165, 1.54) is 0 Å². The molecule has 0 fully saturated rings. The molecule has 2 aromatic heterocycles. The number of fused-ring (bicyclic) bond motifs is 1. The van der Waals surface area contributed by atoms with Crippen LogP contribution in [0.25, 0.3) is 83.9 Å². The molecule has 9 aromatic rings. The summed E-state index contributed by atoms with van der Waals surface area (Å²) in [7, 11) is 0. The first kappa shape index (κ1) is 32.1. The molecule has 9 rings (SSSR count). The second kappa shape index (κ2) is 15.1. The van der Waals surface area contributed by atoms with Gasteiger partial charge in [0.25, 0.3) is 0 Å². The predicted octanol–water partition coefficient (Wildman–Crippen LogP) is 14.2. The zero-order valence-electron chi connectivity index (χ0n) is 37.0. The number of nitrogens with zero attached hydrogens (tertiary/aromatic N) is 3. The molecule has 1 N–H and O–H groups in total. The van der Waals surface area contributed by atoms with Crippen molar-refractivity contribution >= 4 is 11.0 Å². The molecule has 7 aromatic carbocycles. The predicted molar refractivity (Wildman–Crippen MR) is 241 cm³/mol. The third-order valence-electron chi connectivity index (χ3n) is 10.9. The number of aromatic hydroxyl groups is 1. The van der Waals surface area contributed by atoms with Gasteiger partial charge in [-0.1, -0.05) is 129 Å². The van der Waals surface area contributed by atoms with E-state index in [2.05, 4.69) is 77.4 Å². The van der Waals surface area contributed by atoms with Crippen LogP contribution >= 0.6 is 0 Å². The second-order valence-electron chi connectivity index (χ2n) is 15.2. The minimum atomic E-state index is -2.18. The molecule has 0 spiro atoms. The fourth-order valence-corrected chi connectivity index (χ4v) is 8.02. The number of phenols is 1. The minimum absolute atomic E-state index is 0.169. The molecule has 0 aliphatic heterocycles. The number of rotatable bonds is 8. The van der Waals surface area contributed by atoms with Gasteiger partial charge in [0.05, 0.1) is 22.3 Å². The Kier molecular flexibility index (Phi) is 8.37. The van der Waals surface area contributed by atoms with Gasteiger partial charge in [-0.2, -0.15) is 0 Å². The highest BCUT2D eigenvalue weighted by molar-refractivity contribution is 5.98. The van der Waals surface area contributed by atoms with Crippen molar-refractivity contribution in [3.8, 4) is 78.6 Å². The van der Waals surface area contributed by atoms with E-state index in [-0.39, 0.29) is 5.75 Å². The van der Waals surface area contributed by atoms with Crippen LogP contribution in [-0.4, -0.2) is 19.6 Å². The smallest absolute Gasteiger partial charge is 0.149 e. The number of para-hydroxylation sites is 1. The van der Waals surface area contributed by atoms with Gasteiger partial charge in [0.2, 0.25) is 0 Å². The number of pyridine rings is 1. The van der Waals surface area contributed by atoms with E-state index in [4.69, 9.17) is 14.1 Å². The molecule has 0 radical (unpaired) electrons. The summed E-state index contributed by atoms with van der Waals surface area (Å²) in [6.07, 6.45) is 1.79. The van der Waals surface area contributed by atoms with Crippen molar-refractivity contribution in [1.29, 1.82) is 0 Å². The summed E-state index contributed by atoms with van der Waals surface area (Å²) >= 11 is 0. The fraction of sp³-hybridized carbons (Fsp3) is 0.111. The summed E-state index contributed by atoms with van der Waals surface area (Å²) in [5, 5.41) is 11.7. The van der Waals surface area contributed by atoms with Gasteiger partial charge in [0, 0.05) is 28.5 Å². The zero-order valence-corrected chi connectivity index (χ0v) is 33.0. The molecular weight excluding hydrogens is 707 g/mol. The van der Waals surface area contributed by atoms with E-state index < -0.39 is 12.7 Å². The minimum Gasteiger partial charge on any atom is -0.507 e. The molecule has 4 nitrogen and oxygen atoms in total. The quantitative estimate of drug-likeness (QED) is 0.168. The molecule has 58 heavy (non-hydrogen) atoms. The third-order valence-corrected chi connectivity index (χ3v) is 10.9. The number of aromatic nitrogens is 3. The Morgan fingerprint density at radius 3 is 2.02 bits per heavy atom. The maximum Gasteiger partial charge on any atom is 0.149 e. The number of imidazole rings is 1. The van der Waals surface area contributed by atoms with E-state index >= 15 is 0 Å². The molecule has 0 atom stereocenters. The van der Waals surface area contributed by atoms with Crippen LogP contribution in [0.5, 0.6) is 5.75 Å². The maximum absolute atomic E-state index is 11.7. The number of hydrogen-bond acceptors (Lipinski definition) is 3. The van der Waals surface area contributed by atoms with Crippen molar-refractivity contribution in [2.24, 2.45) is 0 Å². The topological polar surface area (TPSA) is 50.9 Å².